The predicted molar refractivity (Wildman–Crippen MR) is 118 cm³/mol. The Morgan fingerprint density at radius 2 is 1.71 bits per heavy atom. The second-order valence-electron chi connectivity index (χ2n) is 8.49. The summed E-state index contributed by atoms with van der Waals surface area (Å²) in [5.41, 5.74) is 0.930. The molecule has 3 atom stereocenters. The molecule has 2 amide bonds. The lowest BCUT2D eigenvalue weighted by molar-refractivity contribution is -0.127. The third-order valence-electron chi connectivity index (χ3n) is 6.15. The number of hydrogen-bond donors (Lipinski definition) is 2. The van der Waals surface area contributed by atoms with E-state index in [2.05, 4.69) is 10.6 Å². The molecule has 31 heavy (non-hydrogen) atoms. The van der Waals surface area contributed by atoms with Crippen LogP contribution in [0.2, 0.25) is 0 Å². The molecule has 6 nitrogen and oxygen atoms in total. The van der Waals surface area contributed by atoms with Crippen molar-refractivity contribution in [3.05, 3.63) is 60.2 Å². The largest absolute Gasteiger partial charge is 0.496 e. The van der Waals surface area contributed by atoms with E-state index in [1.807, 2.05) is 54.6 Å². The molecule has 2 fully saturated rings. The molecule has 2 aliphatic carbocycles. The predicted octanol–water partition coefficient (Wildman–Crippen LogP) is 3.31. The van der Waals surface area contributed by atoms with Crippen LogP contribution in [0.4, 0.5) is 0 Å². The summed E-state index contributed by atoms with van der Waals surface area (Å²) in [6.45, 7) is 0.934. The second-order valence-corrected chi connectivity index (χ2v) is 8.49. The molecule has 0 aliphatic heterocycles. The highest BCUT2D eigenvalue weighted by molar-refractivity contribution is 5.84. The summed E-state index contributed by atoms with van der Waals surface area (Å²) in [5, 5.41) is 6.19. The molecule has 164 valence electrons. The molecule has 2 aromatic rings. The quantitative estimate of drug-likeness (QED) is 0.650. The first kappa shape index (κ1) is 21.2. The van der Waals surface area contributed by atoms with Gasteiger partial charge in [-0.2, -0.15) is 0 Å². The lowest BCUT2D eigenvalue weighted by Crippen LogP contribution is -2.44. The minimum absolute atomic E-state index is 0.0331. The van der Waals surface area contributed by atoms with Gasteiger partial charge in [-0.3, -0.25) is 9.59 Å². The van der Waals surface area contributed by atoms with Crippen molar-refractivity contribution in [1.29, 1.82) is 0 Å². The van der Waals surface area contributed by atoms with Gasteiger partial charge in [-0.25, -0.2) is 0 Å². The van der Waals surface area contributed by atoms with Gasteiger partial charge in [0, 0.05) is 24.1 Å². The molecule has 0 heterocycles. The summed E-state index contributed by atoms with van der Waals surface area (Å²) >= 11 is 0. The van der Waals surface area contributed by atoms with Crippen LogP contribution in [0.25, 0.3) is 0 Å². The molecule has 0 spiro atoms. The number of ether oxygens (including phenoxy) is 2. The van der Waals surface area contributed by atoms with E-state index in [0.717, 1.165) is 36.3 Å². The highest BCUT2D eigenvalue weighted by Gasteiger charge is 2.41. The van der Waals surface area contributed by atoms with Crippen LogP contribution in [-0.2, 0) is 16.1 Å². The molecular weight excluding hydrogens is 392 g/mol. The van der Waals surface area contributed by atoms with E-state index in [1.165, 1.54) is 0 Å². The lowest BCUT2D eigenvalue weighted by atomic mass is 10.0. The van der Waals surface area contributed by atoms with E-state index in [0.29, 0.717) is 19.6 Å². The summed E-state index contributed by atoms with van der Waals surface area (Å²) < 4.78 is 11.3. The second kappa shape index (κ2) is 9.86. The normalized spacial score (nSPS) is 22.5. The molecule has 0 unspecified atom stereocenters. The number of para-hydroxylation sites is 2. The first-order valence-electron chi connectivity index (χ1n) is 11.0. The van der Waals surface area contributed by atoms with Crippen molar-refractivity contribution >= 4 is 11.8 Å². The maximum Gasteiger partial charge on any atom is 0.225 e. The van der Waals surface area contributed by atoms with Gasteiger partial charge >= 0.3 is 0 Å². The minimum Gasteiger partial charge on any atom is -0.496 e. The van der Waals surface area contributed by atoms with Gasteiger partial charge in [0.05, 0.1) is 19.6 Å². The molecule has 2 aliphatic rings. The average molecular weight is 423 g/mol. The zero-order valence-electron chi connectivity index (χ0n) is 17.9. The van der Waals surface area contributed by atoms with E-state index < -0.39 is 0 Å². The standard InChI is InChI=1S/C25H30N2O4/c1-30-23-10-6-5-7-19(23)15-26-25(29)21-13-17(16-31-20-8-3-2-4-9-20)14-22(21)27-24(28)18-11-12-18/h2-10,17-18,21-22H,11-16H2,1H3,(H,26,29)(H,27,28)/t17-,21-,22-/m1/s1. The Balaban J connectivity index is 1.38. The molecular formula is C25H30N2O4. The van der Waals surface area contributed by atoms with Crippen LogP contribution in [0.5, 0.6) is 11.5 Å². The van der Waals surface area contributed by atoms with Crippen LogP contribution in [0, 0.1) is 17.8 Å². The fourth-order valence-corrected chi connectivity index (χ4v) is 4.27. The summed E-state index contributed by atoms with van der Waals surface area (Å²) in [4.78, 5) is 25.5. The van der Waals surface area contributed by atoms with Crippen molar-refractivity contribution in [2.75, 3.05) is 13.7 Å². The van der Waals surface area contributed by atoms with Gasteiger partial charge in [-0.15, -0.1) is 0 Å². The third kappa shape index (κ3) is 5.57. The van der Waals surface area contributed by atoms with Crippen LogP contribution in [0.3, 0.4) is 0 Å². The molecule has 0 radical (unpaired) electrons. The maximum absolute atomic E-state index is 13.1. The van der Waals surface area contributed by atoms with E-state index in [1.54, 1.807) is 7.11 Å². The van der Waals surface area contributed by atoms with Gasteiger partial charge in [0.15, 0.2) is 0 Å². The van der Waals surface area contributed by atoms with Crippen molar-refractivity contribution in [3.8, 4) is 11.5 Å². The van der Waals surface area contributed by atoms with Gasteiger partial charge < -0.3 is 20.1 Å². The van der Waals surface area contributed by atoms with Crippen LogP contribution in [-0.4, -0.2) is 31.6 Å². The number of benzene rings is 2. The SMILES string of the molecule is COc1ccccc1CNC(=O)[C@@H]1C[C@@H](COc2ccccc2)C[C@H]1NC(=O)C1CC1. The number of amides is 2. The van der Waals surface area contributed by atoms with Gasteiger partial charge in [-0.1, -0.05) is 36.4 Å². The first-order valence-corrected chi connectivity index (χ1v) is 11.0. The van der Waals surface area contributed by atoms with E-state index in [4.69, 9.17) is 9.47 Å². The van der Waals surface area contributed by atoms with Gasteiger partial charge in [0.1, 0.15) is 11.5 Å². The Bertz CT molecular complexity index is 897. The Morgan fingerprint density at radius 3 is 2.45 bits per heavy atom. The monoisotopic (exact) mass is 422 g/mol. The first-order chi connectivity index (χ1) is 15.1. The number of hydrogen-bond acceptors (Lipinski definition) is 4. The number of methoxy groups -OCH3 is 1. The number of carbonyl (C=O) groups is 2. The fraction of sp³-hybridized carbons (Fsp3) is 0.440. The Morgan fingerprint density at radius 1 is 0.968 bits per heavy atom. The zero-order chi connectivity index (χ0) is 21.6. The molecule has 6 heteroatoms. The highest BCUT2D eigenvalue weighted by Crippen LogP contribution is 2.35. The van der Waals surface area contributed by atoms with Gasteiger partial charge in [-0.05, 0) is 49.8 Å². The van der Waals surface area contributed by atoms with Crippen molar-refractivity contribution in [3.63, 3.8) is 0 Å². The summed E-state index contributed by atoms with van der Waals surface area (Å²) in [6.07, 6.45) is 3.34. The summed E-state index contributed by atoms with van der Waals surface area (Å²) in [6, 6.07) is 17.2. The molecule has 2 aromatic carbocycles. The van der Waals surface area contributed by atoms with Crippen molar-refractivity contribution in [2.24, 2.45) is 17.8 Å². The molecule has 4 rings (SSSR count). The van der Waals surface area contributed by atoms with Crippen LogP contribution in [0.15, 0.2) is 54.6 Å². The average Bonchev–Trinajstić information content (AvgIpc) is 3.58. The van der Waals surface area contributed by atoms with E-state index in [9.17, 15) is 9.59 Å². The molecule has 2 N–H and O–H groups in total. The molecule has 0 aromatic heterocycles. The Labute approximate surface area is 183 Å². The van der Waals surface area contributed by atoms with Crippen LogP contribution < -0.4 is 20.1 Å². The van der Waals surface area contributed by atoms with Crippen LogP contribution in [0.1, 0.15) is 31.2 Å². The molecule has 0 bridgehead atoms. The maximum atomic E-state index is 13.1. The van der Waals surface area contributed by atoms with Crippen molar-refractivity contribution < 1.29 is 19.1 Å². The fourth-order valence-electron chi connectivity index (χ4n) is 4.27. The van der Waals surface area contributed by atoms with Crippen molar-refractivity contribution in [1.82, 2.24) is 10.6 Å². The number of carbonyl (C=O) groups excluding carboxylic acids is 2. The Hall–Kier alpha value is -3.02. The number of rotatable bonds is 9. The zero-order valence-corrected chi connectivity index (χ0v) is 17.9. The van der Waals surface area contributed by atoms with E-state index >= 15 is 0 Å². The van der Waals surface area contributed by atoms with Gasteiger partial charge in [0.2, 0.25) is 11.8 Å². The minimum atomic E-state index is -0.262. The number of nitrogens with one attached hydrogen (secondary N) is 2. The van der Waals surface area contributed by atoms with Crippen molar-refractivity contribution in [2.45, 2.75) is 38.3 Å². The topological polar surface area (TPSA) is 76.7 Å². The smallest absolute Gasteiger partial charge is 0.225 e. The molecule has 0 saturated heterocycles. The third-order valence-corrected chi connectivity index (χ3v) is 6.15. The Kier molecular flexibility index (Phi) is 6.75. The van der Waals surface area contributed by atoms with Crippen LogP contribution >= 0.6 is 0 Å². The summed E-state index contributed by atoms with van der Waals surface area (Å²) in [7, 11) is 1.62. The van der Waals surface area contributed by atoms with Gasteiger partial charge in [0.25, 0.3) is 0 Å². The molecule has 2 saturated carbocycles. The highest BCUT2D eigenvalue weighted by atomic mass is 16.5. The summed E-state index contributed by atoms with van der Waals surface area (Å²) in [5.74, 6) is 1.70. The lowest BCUT2D eigenvalue weighted by Gasteiger charge is -2.20. The van der Waals surface area contributed by atoms with E-state index in [-0.39, 0.29) is 35.6 Å².